The van der Waals surface area contributed by atoms with E-state index in [4.69, 9.17) is 0 Å². The summed E-state index contributed by atoms with van der Waals surface area (Å²) < 4.78 is 1.65. The average Bonchev–Trinajstić information content (AvgIpc) is 2.48. The molecule has 0 aliphatic heterocycles. The minimum atomic E-state index is -0.482. The van der Waals surface area contributed by atoms with E-state index in [2.05, 4.69) is 42.5 Å². The first kappa shape index (κ1) is 16.4. The van der Waals surface area contributed by atoms with Gasteiger partial charge in [0.05, 0.1) is 17.2 Å². The van der Waals surface area contributed by atoms with Crippen molar-refractivity contribution < 1.29 is 9.72 Å². The second-order valence-electron chi connectivity index (χ2n) is 4.33. The van der Waals surface area contributed by atoms with Gasteiger partial charge in [0, 0.05) is 26.8 Å². The van der Waals surface area contributed by atoms with E-state index in [1.807, 2.05) is 12.1 Å². The van der Waals surface area contributed by atoms with Crippen molar-refractivity contribution in [1.29, 1.82) is 0 Å². The minimum absolute atomic E-state index is 0.00364. The first-order valence-corrected chi connectivity index (χ1v) is 7.77. The number of non-ortho nitro benzene ring substituents is 1. The van der Waals surface area contributed by atoms with Gasteiger partial charge in [0.2, 0.25) is 5.91 Å². The van der Waals surface area contributed by atoms with Crippen molar-refractivity contribution in [2.45, 2.75) is 0 Å². The van der Waals surface area contributed by atoms with Gasteiger partial charge in [0.25, 0.3) is 5.69 Å². The molecule has 0 aliphatic carbocycles. The SMILES string of the molecule is O=C(CNc1cccc([N+](=O)[O-])c1)Nc1ccc(Br)cc1Br. The van der Waals surface area contributed by atoms with Crippen LogP contribution in [0.2, 0.25) is 0 Å². The smallest absolute Gasteiger partial charge is 0.271 e. The van der Waals surface area contributed by atoms with Crippen molar-refractivity contribution >= 4 is 54.8 Å². The summed E-state index contributed by atoms with van der Waals surface area (Å²) in [6.45, 7) is 0.00364. The van der Waals surface area contributed by atoms with Crippen LogP contribution in [0.1, 0.15) is 0 Å². The zero-order chi connectivity index (χ0) is 16.1. The zero-order valence-electron chi connectivity index (χ0n) is 11.2. The fraction of sp³-hybridized carbons (Fsp3) is 0.0714. The number of benzene rings is 2. The standard InChI is InChI=1S/C14H11Br2N3O3/c15-9-4-5-13(12(16)6-9)18-14(20)8-17-10-2-1-3-11(7-10)19(21)22/h1-7,17H,8H2,(H,18,20). The lowest BCUT2D eigenvalue weighted by molar-refractivity contribution is -0.384. The Bertz CT molecular complexity index is 722. The Morgan fingerprint density at radius 1 is 1.18 bits per heavy atom. The topological polar surface area (TPSA) is 84.3 Å². The van der Waals surface area contributed by atoms with Crippen LogP contribution in [0.4, 0.5) is 17.1 Å². The van der Waals surface area contributed by atoms with Crippen molar-refractivity contribution in [3.8, 4) is 0 Å². The van der Waals surface area contributed by atoms with Gasteiger partial charge in [0.1, 0.15) is 0 Å². The highest BCUT2D eigenvalue weighted by atomic mass is 79.9. The number of anilines is 2. The van der Waals surface area contributed by atoms with Crippen LogP contribution < -0.4 is 10.6 Å². The molecule has 1 amide bonds. The lowest BCUT2D eigenvalue weighted by Gasteiger charge is -2.09. The van der Waals surface area contributed by atoms with E-state index in [1.54, 1.807) is 18.2 Å². The lowest BCUT2D eigenvalue weighted by atomic mass is 10.3. The normalized spacial score (nSPS) is 10.1. The average molecular weight is 429 g/mol. The number of nitro groups is 1. The largest absolute Gasteiger partial charge is 0.376 e. The summed E-state index contributed by atoms with van der Waals surface area (Å²) in [6, 6.07) is 11.4. The number of hydrogen-bond donors (Lipinski definition) is 2. The molecule has 8 heteroatoms. The fourth-order valence-electron chi connectivity index (χ4n) is 1.70. The van der Waals surface area contributed by atoms with E-state index < -0.39 is 4.92 Å². The van der Waals surface area contributed by atoms with Gasteiger partial charge >= 0.3 is 0 Å². The molecule has 2 aromatic rings. The zero-order valence-corrected chi connectivity index (χ0v) is 14.3. The van der Waals surface area contributed by atoms with Gasteiger partial charge in [-0.2, -0.15) is 0 Å². The summed E-state index contributed by atoms with van der Waals surface area (Å²) in [5, 5.41) is 16.3. The Labute approximate surface area is 143 Å². The number of hydrogen-bond acceptors (Lipinski definition) is 4. The van der Waals surface area contributed by atoms with Crippen LogP contribution in [0.5, 0.6) is 0 Å². The Hall–Kier alpha value is -1.93. The highest BCUT2D eigenvalue weighted by Gasteiger charge is 2.08. The molecule has 0 radical (unpaired) electrons. The van der Waals surface area contributed by atoms with E-state index in [-0.39, 0.29) is 18.1 Å². The Balaban J connectivity index is 1.95. The quantitative estimate of drug-likeness (QED) is 0.552. The second kappa shape index (κ2) is 7.37. The summed E-state index contributed by atoms with van der Waals surface area (Å²) in [4.78, 5) is 22.1. The summed E-state index contributed by atoms with van der Waals surface area (Å²) in [6.07, 6.45) is 0. The lowest BCUT2D eigenvalue weighted by Crippen LogP contribution is -2.21. The molecule has 0 aromatic heterocycles. The van der Waals surface area contributed by atoms with Crippen molar-refractivity contribution in [3.05, 3.63) is 61.5 Å². The van der Waals surface area contributed by atoms with Crippen LogP contribution in [-0.2, 0) is 4.79 Å². The Morgan fingerprint density at radius 2 is 1.95 bits per heavy atom. The predicted molar refractivity (Wildman–Crippen MR) is 92.1 cm³/mol. The molecule has 6 nitrogen and oxygen atoms in total. The maximum Gasteiger partial charge on any atom is 0.271 e. The number of halogens is 2. The second-order valence-corrected chi connectivity index (χ2v) is 6.10. The monoisotopic (exact) mass is 427 g/mol. The molecule has 0 unspecified atom stereocenters. The van der Waals surface area contributed by atoms with E-state index in [0.717, 1.165) is 8.95 Å². The van der Waals surface area contributed by atoms with Gasteiger partial charge in [0.15, 0.2) is 0 Å². The third-order valence-electron chi connectivity index (χ3n) is 2.72. The molecule has 0 saturated carbocycles. The van der Waals surface area contributed by atoms with E-state index in [1.165, 1.54) is 12.1 Å². The third-order valence-corrected chi connectivity index (χ3v) is 3.86. The first-order valence-electron chi connectivity index (χ1n) is 6.19. The molecule has 0 heterocycles. The van der Waals surface area contributed by atoms with Gasteiger partial charge in [-0.05, 0) is 40.2 Å². The summed E-state index contributed by atoms with van der Waals surface area (Å²) >= 11 is 6.69. The number of nitro benzene ring substituents is 1. The van der Waals surface area contributed by atoms with Crippen LogP contribution in [0.15, 0.2) is 51.4 Å². The third kappa shape index (κ3) is 4.54. The molecule has 2 aromatic carbocycles. The molecule has 0 bridgehead atoms. The van der Waals surface area contributed by atoms with Crippen LogP contribution in [0, 0.1) is 10.1 Å². The van der Waals surface area contributed by atoms with Gasteiger partial charge in [-0.15, -0.1) is 0 Å². The summed E-state index contributed by atoms with van der Waals surface area (Å²) in [5.74, 6) is -0.255. The van der Waals surface area contributed by atoms with Gasteiger partial charge in [-0.1, -0.05) is 22.0 Å². The highest BCUT2D eigenvalue weighted by molar-refractivity contribution is 9.11. The molecule has 0 atom stereocenters. The molecular formula is C14H11Br2N3O3. The Morgan fingerprint density at radius 3 is 2.64 bits per heavy atom. The van der Waals surface area contributed by atoms with E-state index in [0.29, 0.717) is 11.4 Å². The Kier molecular flexibility index (Phi) is 5.51. The molecule has 2 rings (SSSR count). The molecule has 22 heavy (non-hydrogen) atoms. The van der Waals surface area contributed by atoms with Crippen LogP contribution in [0.25, 0.3) is 0 Å². The van der Waals surface area contributed by atoms with Crippen molar-refractivity contribution in [3.63, 3.8) is 0 Å². The van der Waals surface area contributed by atoms with Gasteiger partial charge in [-0.3, -0.25) is 14.9 Å². The van der Waals surface area contributed by atoms with Crippen LogP contribution in [0.3, 0.4) is 0 Å². The molecule has 114 valence electrons. The molecule has 0 spiro atoms. The van der Waals surface area contributed by atoms with Gasteiger partial charge in [-0.25, -0.2) is 0 Å². The molecule has 0 fully saturated rings. The maximum absolute atomic E-state index is 11.9. The number of rotatable bonds is 5. The van der Waals surface area contributed by atoms with Crippen LogP contribution >= 0.6 is 31.9 Å². The molecule has 2 N–H and O–H groups in total. The summed E-state index contributed by atoms with van der Waals surface area (Å²) in [5.41, 5.74) is 1.13. The molecule has 0 aliphatic rings. The van der Waals surface area contributed by atoms with E-state index in [9.17, 15) is 14.9 Å². The number of carbonyl (C=O) groups is 1. The number of nitrogens with zero attached hydrogens (tertiary/aromatic N) is 1. The fourth-order valence-corrected chi connectivity index (χ4v) is 2.84. The molecular weight excluding hydrogens is 418 g/mol. The van der Waals surface area contributed by atoms with Crippen LogP contribution in [-0.4, -0.2) is 17.4 Å². The van der Waals surface area contributed by atoms with E-state index >= 15 is 0 Å². The minimum Gasteiger partial charge on any atom is -0.376 e. The maximum atomic E-state index is 11.9. The molecule has 0 saturated heterocycles. The number of carbonyl (C=O) groups excluding carboxylic acids is 1. The van der Waals surface area contributed by atoms with Crippen molar-refractivity contribution in [1.82, 2.24) is 0 Å². The summed E-state index contributed by atoms with van der Waals surface area (Å²) in [7, 11) is 0. The predicted octanol–water partition coefficient (Wildman–Crippen LogP) is 4.17. The van der Waals surface area contributed by atoms with Gasteiger partial charge < -0.3 is 10.6 Å². The van der Waals surface area contributed by atoms with Crippen molar-refractivity contribution in [2.24, 2.45) is 0 Å². The highest BCUT2D eigenvalue weighted by Crippen LogP contribution is 2.26. The number of nitrogens with one attached hydrogen (secondary N) is 2. The van der Waals surface area contributed by atoms with Crippen molar-refractivity contribution in [2.75, 3.05) is 17.2 Å². The number of amides is 1. The first-order chi connectivity index (χ1) is 10.5.